The van der Waals surface area contributed by atoms with E-state index in [1.807, 2.05) is 39.8 Å². The second-order valence-corrected chi connectivity index (χ2v) is 13.5. The number of unbranched alkanes of at least 4 members (excludes halogenated alkanes) is 1. The molecule has 260 valence electrons. The number of nitrogens with zero attached hydrogens (tertiary/aromatic N) is 3. The van der Waals surface area contributed by atoms with Gasteiger partial charge in [0.25, 0.3) is 17.0 Å². The van der Waals surface area contributed by atoms with E-state index in [1.54, 1.807) is 34.9 Å². The summed E-state index contributed by atoms with van der Waals surface area (Å²) in [6, 6.07) is 13.4. The van der Waals surface area contributed by atoms with Crippen LogP contribution in [0.3, 0.4) is 0 Å². The lowest BCUT2D eigenvalue weighted by atomic mass is 9.96. The Labute approximate surface area is 297 Å². The van der Waals surface area contributed by atoms with E-state index in [-0.39, 0.29) is 47.1 Å². The van der Waals surface area contributed by atoms with Crippen LogP contribution in [-0.4, -0.2) is 57.2 Å². The lowest BCUT2D eigenvalue weighted by Gasteiger charge is -2.31. The van der Waals surface area contributed by atoms with Gasteiger partial charge in [-0.15, -0.1) is 12.4 Å². The zero-order valence-electron chi connectivity index (χ0n) is 28.1. The van der Waals surface area contributed by atoms with Crippen LogP contribution in [0.1, 0.15) is 93.1 Å². The van der Waals surface area contributed by atoms with Gasteiger partial charge >= 0.3 is 5.97 Å². The number of benzene rings is 2. The van der Waals surface area contributed by atoms with Gasteiger partial charge in [0.2, 0.25) is 0 Å². The number of carboxylic acid groups (broad SMARTS) is 1. The number of amides is 1. The monoisotopic (exact) mass is 718 g/mol. The largest absolute Gasteiger partial charge is 0.477 e. The first-order valence-corrected chi connectivity index (χ1v) is 17.0. The second kappa shape index (κ2) is 17.3. The van der Waals surface area contributed by atoms with Gasteiger partial charge in [0, 0.05) is 39.4 Å². The first kappa shape index (κ1) is 39.1. The van der Waals surface area contributed by atoms with E-state index in [0.29, 0.717) is 33.4 Å². The van der Waals surface area contributed by atoms with Crippen molar-refractivity contribution in [1.29, 1.82) is 0 Å². The molecule has 48 heavy (non-hydrogen) atoms. The number of hydrogen-bond acceptors (Lipinski definition) is 5. The molecule has 1 amide bonds. The Kier molecular flexibility index (Phi) is 14.1. The number of aromatic nitrogens is 2. The zero-order chi connectivity index (χ0) is 34.4. The maximum atomic E-state index is 13.0. The Balaban J connectivity index is 0.000000283. The summed E-state index contributed by atoms with van der Waals surface area (Å²) in [5.74, 6) is -1.08. The number of pyridine rings is 2. The van der Waals surface area contributed by atoms with Crippen molar-refractivity contribution in [2.45, 2.75) is 72.4 Å². The molecule has 1 fully saturated rings. The van der Waals surface area contributed by atoms with E-state index in [9.17, 15) is 19.2 Å². The highest BCUT2D eigenvalue weighted by molar-refractivity contribution is 6.36. The Bertz CT molecular complexity index is 1880. The standard InChI is InChI=1S/C23H32ClN3O2.C13H12ClNO3.ClH/c1-4-5-11-26-12-9-17(10-13-26)15-25-22(28)19-14-18-20(24)7-6-8-21(18)27(16(2)3)23(19)29;1-7(2)15-11-5-3-4-10(14)8(11)6-9(12(15)16)13(17)18;/h6-8,14,16-17H,4-5,9-13,15H2,1-3H3,(H,25,28);3-7H,1-2H3,(H,17,18);1H. The van der Waals surface area contributed by atoms with Gasteiger partial charge in [0.15, 0.2) is 0 Å². The van der Waals surface area contributed by atoms with Crippen LogP contribution in [0.15, 0.2) is 58.1 Å². The summed E-state index contributed by atoms with van der Waals surface area (Å²) in [6.45, 7) is 13.7. The lowest BCUT2D eigenvalue weighted by Crippen LogP contribution is -2.40. The molecule has 2 aromatic carbocycles. The van der Waals surface area contributed by atoms with E-state index >= 15 is 0 Å². The number of aromatic carboxylic acids is 1. The average molecular weight is 720 g/mol. The van der Waals surface area contributed by atoms with Crippen LogP contribution in [0.2, 0.25) is 10.0 Å². The van der Waals surface area contributed by atoms with E-state index in [1.165, 1.54) is 30.0 Å². The molecular formula is C36H45Cl3N4O5. The first-order valence-electron chi connectivity index (χ1n) is 16.3. The molecule has 0 bridgehead atoms. The minimum absolute atomic E-state index is 0. The number of halogens is 3. The Morgan fingerprint density at radius 2 is 1.33 bits per heavy atom. The van der Waals surface area contributed by atoms with Crippen molar-refractivity contribution in [2.24, 2.45) is 5.92 Å². The Hall–Kier alpha value is -3.37. The minimum atomic E-state index is -1.24. The van der Waals surface area contributed by atoms with Crippen LogP contribution in [-0.2, 0) is 0 Å². The summed E-state index contributed by atoms with van der Waals surface area (Å²) < 4.78 is 3.10. The van der Waals surface area contributed by atoms with Crippen LogP contribution in [0.25, 0.3) is 21.8 Å². The van der Waals surface area contributed by atoms with Gasteiger partial charge in [0.05, 0.1) is 11.0 Å². The molecule has 1 saturated heterocycles. The highest BCUT2D eigenvalue weighted by Gasteiger charge is 2.22. The Morgan fingerprint density at radius 3 is 1.79 bits per heavy atom. The molecule has 12 heteroatoms. The predicted molar refractivity (Wildman–Crippen MR) is 198 cm³/mol. The number of fused-ring (bicyclic) bond motifs is 2. The maximum absolute atomic E-state index is 13.0. The smallest absolute Gasteiger partial charge is 0.341 e. The number of hydrogen-bond donors (Lipinski definition) is 2. The number of nitrogens with one attached hydrogen (secondary N) is 1. The van der Waals surface area contributed by atoms with Crippen LogP contribution in [0.4, 0.5) is 0 Å². The molecule has 9 nitrogen and oxygen atoms in total. The first-order chi connectivity index (χ1) is 22.3. The molecule has 2 N–H and O–H groups in total. The molecule has 1 aliphatic rings. The van der Waals surface area contributed by atoms with E-state index in [4.69, 9.17) is 28.3 Å². The van der Waals surface area contributed by atoms with E-state index in [2.05, 4.69) is 17.1 Å². The third-order valence-electron chi connectivity index (χ3n) is 8.65. The fourth-order valence-electron chi connectivity index (χ4n) is 6.12. The molecule has 0 saturated carbocycles. The van der Waals surface area contributed by atoms with Crippen LogP contribution >= 0.6 is 35.6 Å². The number of carboxylic acids is 1. The van der Waals surface area contributed by atoms with Crippen molar-refractivity contribution in [3.8, 4) is 0 Å². The van der Waals surface area contributed by atoms with Gasteiger partial charge in [-0.25, -0.2) is 4.79 Å². The number of rotatable bonds is 9. The molecule has 0 spiro atoms. The second-order valence-electron chi connectivity index (χ2n) is 12.7. The fourth-order valence-corrected chi connectivity index (χ4v) is 6.57. The number of piperidine rings is 1. The topological polar surface area (TPSA) is 114 Å². The zero-order valence-corrected chi connectivity index (χ0v) is 30.4. The molecule has 0 atom stereocenters. The summed E-state index contributed by atoms with van der Waals surface area (Å²) in [7, 11) is 0. The normalized spacial score (nSPS) is 13.8. The maximum Gasteiger partial charge on any atom is 0.341 e. The molecule has 0 aliphatic carbocycles. The average Bonchev–Trinajstić information content (AvgIpc) is 3.02. The summed E-state index contributed by atoms with van der Waals surface area (Å²) in [6.07, 6.45) is 4.64. The van der Waals surface area contributed by atoms with Gasteiger partial charge in [-0.3, -0.25) is 14.4 Å². The van der Waals surface area contributed by atoms with Crippen molar-refractivity contribution < 1.29 is 14.7 Å². The van der Waals surface area contributed by atoms with Crippen molar-refractivity contribution in [1.82, 2.24) is 19.4 Å². The summed E-state index contributed by atoms with van der Waals surface area (Å²) in [5.41, 5.74) is 0.541. The van der Waals surface area contributed by atoms with Gasteiger partial charge in [-0.05, 0) is 109 Å². The molecule has 5 rings (SSSR count). The lowest BCUT2D eigenvalue weighted by molar-refractivity contribution is 0.0694. The summed E-state index contributed by atoms with van der Waals surface area (Å²) >= 11 is 12.4. The minimum Gasteiger partial charge on any atom is -0.477 e. The van der Waals surface area contributed by atoms with Crippen molar-refractivity contribution in [3.63, 3.8) is 0 Å². The summed E-state index contributed by atoms with van der Waals surface area (Å²) in [5, 5.41) is 14.4. The Morgan fingerprint density at radius 1 is 0.854 bits per heavy atom. The number of carbonyl (C=O) groups excluding carboxylic acids is 1. The summed E-state index contributed by atoms with van der Waals surface area (Å²) in [4.78, 5) is 51.6. The highest BCUT2D eigenvalue weighted by atomic mass is 35.5. The SMILES string of the molecule is CC(C)n1c(=O)c(C(=O)O)cc2c(Cl)cccc21.CCCCN1CCC(CNC(=O)c2cc3c(Cl)cccc3n(C(C)C)c2=O)CC1.Cl. The molecule has 2 aromatic heterocycles. The van der Waals surface area contributed by atoms with E-state index < -0.39 is 11.5 Å². The van der Waals surface area contributed by atoms with Crippen LogP contribution in [0, 0.1) is 5.92 Å². The van der Waals surface area contributed by atoms with Gasteiger partial charge < -0.3 is 24.5 Å². The molecular weight excluding hydrogens is 675 g/mol. The predicted octanol–water partition coefficient (Wildman–Crippen LogP) is 7.83. The molecule has 1 aliphatic heterocycles. The van der Waals surface area contributed by atoms with Gasteiger partial charge in [0.1, 0.15) is 11.1 Å². The van der Waals surface area contributed by atoms with Gasteiger partial charge in [-0.1, -0.05) is 48.7 Å². The number of carbonyl (C=O) groups is 2. The molecule has 4 aromatic rings. The van der Waals surface area contributed by atoms with Crippen LogP contribution < -0.4 is 16.4 Å². The van der Waals surface area contributed by atoms with Crippen molar-refractivity contribution in [2.75, 3.05) is 26.2 Å². The number of likely N-dealkylation sites (tertiary alicyclic amines) is 1. The molecule has 0 unspecified atom stereocenters. The third kappa shape index (κ3) is 8.80. The van der Waals surface area contributed by atoms with Crippen molar-refractivity contribution in [3.05, 3.63) is 90.4 Å². The van der Waals surface area contributed by atoms with E-state index in [0.717, 1.165) is 36.8 Å². The molecule has 0 radical (unpaired) electrons. The fraction of sp³-hybridized carbons (Fsp3) is 0.444. The van der Waals surface area contributed by atoms with Crippen LogP contribution in [0.5, 0.6) is 0 Å². The third-order valence-corrected chi connectivity index (χ3v) is 9.31. The van der Waals surface area contributed by atoms with Crippen molar-refractivity contribution >= 4 is 69.3 Å². The molecule has 3 heterocycles. The quantitative estimate of drug-likeness (QED) is 0.182. The highest BCUT2D eigenvalue weighted by Crippen LogP contribution is 2.26. The van der Waals surface area contributed by atoms with Gasteiger partial charge in [-0.2, -0.15) is 0 Å².